The fraction of sp³-hybridized carbons (Fsp3) is 0.900. The van der Waals surface area contributed by atoms with Gasteiger partial charge in [-0.15, -0.1) is 0 Å². The van der Waals surface area contributed by atoms with E-state index in [-0.39, 0.29) is 23.5 Å². The highest BCUT2D eigenvalue weighted by Crippen LogP contribution is 2.65. The van der Waals surface area contributed by atoms with Gasteiger partial charge in [0.05, 0.1) is 12.7 Å². The lowest BCUT2D eigenvalue weighted by Gasteiger charge is -2.58. The van der Waals surface area contributed by atoms with E-state index >= 15 is 0 Å². The average molecular weight is 320 g/mol. The molecule has 0 saturated heterocycles. The van der Waals surface area contributed by atoms with E-state index in [4.69, 9.17) is 0 Å². The van der Waals surface area contributed by atoms with Crippen LogP contribution in [0.3, 0.4) is 0 Å². The van der Waals surface area contributed by atoms with Crippen molar-refractivity contribution in [1.29, 1.82) is 0 Å². The zero-order valence-electron chi connectivity index (χ0n) is 14.6. The average Bonchev–Trinajstić information content (AvgIpc) is 2.84. The minimum atomic E-state index is -0.992. The highest BCUT2D eigenvalue weighted by molar-refractivity contribution is 5.28. The molecule has 3 fully saturated rings. The summed E-state index contributed by atoms with van der Waals surface area (Å²) in [5.74, 6) is 2.09. The van der Waals surface area contributed by atoms with Crippen molar-refractivity contribution in [3.8, 4) is 0 Å². The zero-order valence-corrected chi connectivity index (χ0v) is 14.6. The Labute approximate surface area is 139 Å². The Morgan fingerprint density at radius 3 is 2.57 bits per heavy atom. The van der Waals surface area contributed by atoms with Gasteiger partial charge < -0.3 is 15.3 Å². The molecule has 0 aromatic carbocycles. The third kappa shape index (κ3) is 2.12. The van der Waals surface area contributed by atoms with E-state index < -0.39 is 5.60 Å². The molecular formula is C20H32O3. The van der Waals surface area contributed by atoms with Crippen molar-refractivity contribution in [3.05, 3.63) is 11.6 Å². The van der Waals surface area contributed by atoms with Gasteiger partial charge in [0.1, 0.15) is 5.60 Å². The van der Waals surface area contributed by atoms with E-state index in [0.717, 1.165) is 31.6 Å². The molecule has 0 radical (unpaired) electrons. The van der Waals surface area contributed by atoms with Crippen LogP contribution in [0.5, 0.6) is 0 Å². The second-order valence-electron chi connectivity index (χ2n) is 9.40. The molecule has 3 nitrogen and oxygen atoms in total. The number of aliphatic hydroxyl groups excluding tert-OH is 2. The minimum absolute atomic E-state index is 0.107. The molecule has 0 heterocycles. The lowest BCUT2D eigenvalue weighted by Crippen LogP contribution is -2.52. The zero-order chi connectivity index (χ0) is 16.5. The molecule has 130 valence electrons. The predicted molar refractivity (Wildman–Crippen MR) is 89.7 cm³/mol. The first-order chi connectivity index (χ1) is 10.8. The summed E-state index contributed by atoms with van der Waals surface area (Å²) in [6, 6.07) is 0. The van der Waals surface area contributed by atoms with Crippen LogP contribution in [0.2, 0.25) is 0 Å². The standard InChI is InChI=1S/C20H32O3/c1-18-9-10-20(23,12-21)11-13(18)3-4-14-15-5-6-17(22)19(15,2)8-7-16(14)18/h11,14-17,21-23H,3-10,12H2,1-2H3/t14-,15-,16-,17-,18-,19-,20?/m0/s1. The SMILES string of the molecule is C[C@]12CC[C@H]3[C@@H](CCC4=CC(O)(CO)CC[C@@]43C)[C@@H]1CC[C@@H]2O. The first-order valence-corrected chi connectivity index (χ1v) is 9.56. The van der Waals surface area contributed by atoms with Gasteiger partial charge >= 0.3 is 0 Å². The summed E-state index contributed by atoms with van der Waals surface area (Å²) in [5, 5.41) is 30.5. The van der Waals surface area contributed by atoms with E-state index in [0.29, 0.717) is 18.3 Å². The van der Waals surface area contributed by atoms with Crippen LogP contribution in [0.15, 0.2) is 11.6 Å². The molecule has 4 rings (SSSR count). The number of aliphatic hydroxyl groups is 3. The molecule has 0 spiro atoms. The van der Waals surface area contributed by atoms with E-state index in [9.17, 15) is 15.3 Å². The van der Waals surface area contributed by atoms with Crippen LogP contribution < -0.4 is 0 Å². The Hall–Kier alpha value is -0.380. The van der Waals surface area contributed by atoms with Crippen molar-refractivity contribution in [2.75, 3.05) is 6.61 Å². The molecule has 0 amide bonds. The molecule has 0 aromatic heterocycles. The van der Waals surface area contributed by atoms with E-state index in [2.05, 4.69) is 13.8 Å². The molecular weight excluding hydrogens is 288 g/mol. The molecule has 23 heavy (non-hydrogen) atoms. The molecule has 3 heteroatoms. The lowest BCUT2D eigenvalue weighted by atomic mass is 9.47. The van der Waals surface area contributed by atoms with Crippen molar-refractivity contribution in [2.24, 2.45) is 28.6 Å². The fourth-order valence-electron chi connectivity index (χ4n) is 6.88. The normalized spacial score (nSPS) is 55.6. The Morgan fingerprint density at radius 1 is 1.04 bits per heavy atom. The number of hydrogen-bond acceptors (Lipinski definition) is 3. The van der Waals surface area contributed by atoms with Gasteiger partial charge in [-0.05, 0) is 80.0 Å². The monoisotopic (exact) mass is 320 g/mol. The van der Waals surface area contributed by atoms with Gasteiger partial charge in [0.25, 0.3) is 0 Å². The van der Waals surface area contributed by atoms with E-state index in [1.54, 1.807) is 0 Å². The fourth-order valence-corrected chi connectivity index (χ4v) is 6.88. The molecule has 3 N–H and O–H groups in total. The Kier molecular flexibility index (Phi) is 3.54. The first kappa shape index (κ1) is 16.1. The summed E-state index contributed by atoms with van der Waals surface area (Å²) in [4.78, 5) is 0. The largest absolute Gasteiger partial charge is 0.393 e. The summed E-state index contributed by atoms with van der Waals surface area (Å²) in [6.07, 6.45) is 10.3. The van der Waals surface area contributed by atoms with Gasteiger partial charge in [0, 0.05) is 0 Å². The molecule has 7 atom stereocenters. The van der Waals surface area contributed by atoms with E-state index in [1.807, 2.05) is 6.08 Å². The maximum atomic E-state index is 10.5. The molecule has 0 aliphatic heterocycles. The van der Waals surface area contributed by atoms with Crippen molar-refractivity contribution < 1.29 is 15.3 Å². The quantitative estimate of drug-likeness (QED) is 0.651. The molecule has 3 saturated carbocycles. The third-order valence-corrected chi connectivity index (χ3v) is 8.48. The molecule has 4 aliphatic carbocycles. The summed E-state index contributed by atoms with van der Waals surface area (Å²) in [5.41, 5.74) is 0.732. The van der Waals surface area contributed by atoms with Gasteiger partial charge in [-0.25, -0.2) is 0 Å². The molecule has 0 aromatic rings. The number of fused-ring (bicyclic) bond motifs is 5. The smallest absolute Gasteiger partial charge is 0.106 e. The Balaban J connectivity index is 1.66. The topological polar surface area (TPSA) is 60.7 Å². The second kappa shape index (κ2) is 5.06. The van der Waals surface area contributed by atoms with Crippen LogP contribution in [0, 0.1) is 28.6 Å². The van der Waals surface area contributed by atoms with Gasteiger partial charge in [-0.1, -0.05) is 25.5 Å². The minimum Gasteiger partial charge on any atom is -0.393 e. The lowest BCUT2D eigenvalue weighted by molar-refractivity contribution is -0.0843. The van der Waals surface area contributed by atoms with Crippen LogP contribution in [-0.2, 0) is 0 Å². The summed E-state index contributed by atoms with van der Waals surface area (Å²) < 4.78 is 0. The van der Waals surface area contributed by atoms with Crippen LogP contribution in [0.1, 0.15) is 65.2 Å². The summed E-state index contributed by atoms with van der Waals surface area (Å²) in [7, 11) is 0. The third-order valence-electron chi connectivity index (χ3n) is 8.48. The summed E-state index contributed by atoms with van der Waals surface area (Å²) in [6.45, 7) is 4.57. The van der Waals surface area contributed by atoms with E-state index in [1.165, 1.54) is 24.8 Å². The molecule has 0 bridgehead atoms. The first-order valence-electron chi connectivity index (χ1n) is 9.56. The van der Waals surface area contributed by atoms with Crippen molar-refractivity contribution in [3.63, 3.8) is 0 Å². The van der Waals surface area contributed by atoms with Crippen molar-refractivity contribution in [2.45, 2.75) is 76.9 Å². The van der Waals surface area contributed by atoms with Gasteiger partial charge in [-0.2, -0.15) is 0 Å². The number of hydrogen-bond donors (Lipinski definition) is 3. The highest BCUT2D eigenvalue weighted by Gasteiger charge is 2.59. The maximum Gasteiger partial charge on any atom is 0.106 e. The highest BCUT2D eigenvalue weighted by atomic mass is 16.3. The predicted octanol–water partition coefficient (Wildman–Crippen LogP) is 3.03. The van der Waals surface area contributed by atoms with Crippen LogP contribution in [0.25, 0.3) is 0 Å². The Bertz CT molecular complexity index is 529. The Morgan fingerprint density at radius 2 is 1.83 bits per heavy atom. The maximum absolute atomic E-state index is 10.5. The molecule has 4 aliphatic rings. The van der Waals surface area contributed by atoms with Crippen LogP contribution >= 0.6 is 0 Å². The molecule has 1 unspecified atom stereocenters. The van der Waals surface area contributed by atoms with Crippen LogP contribution in [-0.4, -0.2) is 33.6 Å². The number of rotatable bonds is 1. The summed E-state index contributed by atoms with van der Waals surface area (Å²) >= 11 is 0. The van der Waals surface area contributed by atoms with Gasteiger partial charge in [0.15, 0.2) is 0 Å². The van der Waals surface area contributed by atoms with Crippen molar-refractivity contribution >= 4 is 0 Å². The van der Waals surface area contributed by atoms with Crippen molar-refractivity contribution in [1.82, 2.24) is 0 Å². The van der Waals surface area contributed by atoms with Crippen LogP contribution in [0.4, 0.5) is 0 Å². The van der Waals surface area contributed by atoms with Gasteiger partial charge in [0.2, 0.25) is 0 Å². The number of allylic oxidation sites excluding steroid dienone is 1. The second-order valence-corrected chi connectivity index (χ2v) is 9.40. The van der Waals surface area contributed by atoms with Gasteiger partial charge in [-0.3, -0.25) is 0 Å².